The Morgan fingerprint density at radius 2 is 1.15 bits per heavy atom. The van der Waals surface area contributed by atoms with E-state index in [1.807, 2.05) is 36.4 Å². The normalized spacial score (nSPS) is 24.3. The molecular formula is C22H20Cl2HfO2. The van der Waals surface area contributed by atoms with Gasteiger partial charge in [0.25, 0.3) is 0 Å². The summed E-state index contributed by atoms with van der Waals surface area (Å²) < 4.78 is 10.6. The largest absolute Gasteiger partial charge is 0.497 e. The molecule has 5 heteroatoms. The first-order chi connectivity index (χ1) is 12.5. The van der Waals surface area contributed by atoms with Crippen LogP contribution in [0.3, 0.4) is 0 Å². The number of hydrogen-bond donors (Lipinski definition) is 0. The summed E-state index contributed by atoms with van der Waals surface area (Å²) in [5.74, 6) is 1.68. The fourth-order valence-corrected chi connectivity index (χ4v) is 4.45. The first-order valence-corrected chi connectivity index (χ1v) is 9.36. The fraction of sp³-hybridized carbons (Fsp3) is 0.273. The van der Waals surface area contributed by atoms with Gasteiger partial charge < -0.3 is 9.47 Å². The number of methoxy groups -OCH3 is 2. The van der Waals surface area contributed by atoms with E-state index in [9.17, 15) is 0 Å². The standard InChI is InChI=1S/C22H20Cl2O2.Hf/c1-25-17-3-5-19-15(13-17)7-9-21(19,23)11-12-22(24)10-8-16-14-18(26-2)4-6-20(16)22;/h3-10,13-14H,11-12H2,1-2H3;. The molecule has 0 heterocycles. The van der Waals surface area contributed by atoms with Crippen molar-refractivity contribution in [2.24, 2.45) is 0 Å². The SMILES string of the molecule is COc1ccc2c(c1)C=CC2(Cl)CCC1(Cl)C=Cc2cc(OC)ccc21.[Hf]. The Morgan fingerprint density at radius 1 is 0.741 bits per heavy atom. The number of hydrogen-bond acceptors (Lipinski definition) is 2. The van der Waals surface area contributed by atoms with E-state index < -0.39 is 9.75 Å². The van der Waals surface area contributed by atoms with Crippen LogP contribution in [0.4, 0.5) is 0 Å². The van der Waals surface area contributed by atoms with Crippen LogP contribution in [0.1, 0.15) is 35.1 Å². The third-order valence-electron chi connectivity index (χ3n) is 5.32. The molecule has 0 spiro atoms. The van der Waals surface area contributed by atoms with Crippen LogP contribution in [-0.4, -0.2) is 14.2 Å². The molecule has 0 aromatic heterocycles. The second kappa shape index (κ2) is 7.77. The molecule has 2 unspecified atom stereocenters. The first-order valence-electron chi connectivity index (χ1n) is 8.61. The zero-order valence-electron chi connectivity index (χ0n) is 15.3. The van der Waals surface area contributed by atoms with E-state index in [1.54, 1.807) is 14.2 Å². The predicted octanol–water partition coefficient (Wildman–Crippen LogP) is 6.10. The molecule has 0 aliphatic heterocycles. The number of alkyl halides is 2. The second-order valence-electron chi connectivity index (χ2n) is 6.80. The van der Waals surface area contributed by atoms with Gasteiger partial charge in [0.1, 0.15) is 11.5 Å². The van der Waals surface area contributed by atoms with Crippen LogP contribution in [0, 0.1) is 0 Å². The molecule has 0 N–H and O–H groups in total. The van der Waals surface area contributed by atoms with Gasteiger partial charge in [0.15, 0.2) is 0 Å². The van der Waals surface area contributed by atoms with Crippen molar-refractivity contribution in [2.45, 2.75) is 22.6 Å². The Labute approximate surface area is 188 Å². The van der Waals surface area contributed by atoms with Crippen molar-refractivity contribution in [3.63, 3.8) is 0 Å². The van der Waals surface area contributed by atoms with Crippen LogP contribution in [-0.2, 0) is 35.6 Å². The van der Waals surface area contributed by atoms with Crippen LogP contribution in [0.2, 0.25) is 0 Å². The molecule has 0 bridgehead atoms. The minimum Gasteiger partial charge on any atom is -0.497 e. The van der Waals surface area contributed by atoms with Crippen molar-refractivity contribution in [3.8, 4) is 11.5 Å². The van der Waals surface area contributed by atoms with Gasteiger partial charge in [-0.3, -0.25) is 0 Å². The van der Waals surface area contributed by atoms with E-state index >= 15 is 0 Å². The van der Waals surface area contributed by atoms with Crippen LogP contribution < -0.4 is 9.47 Å². The maximum atomic E-state index is 6.98. The summed E-state index contributed by atoms with van der Waals surface area (Å²) in [5.41, 5.74) is 4.43. The van der Waals surface area contributed by atoms with Gasteiger partial charge in [0.2, 0.25) is 0 Å². The summed E-state index contributed by atoms with van der Waals surface area (Å²) in [6.07, 6.45) is 9.73. The van der Waals surface area contributed by atoms with Crippen molar-refractivity contribution in [1.29, 1.82) is 0 Å². The Hall–Kier alpha value is -1.03. The summed E-state index contributed by atoms with van der Waals surface area (Å²) >= 11 is 14.0. The van der Waals surface area contributed by atoms with Crippen molar-refractivity contribution in [1.82, 2.24) is 0 Å². The predicted molar refractivity (Wildman–Crippen MR) is 108 cm³/mol. The van der Waals surface area contributed by atoms with Crippen LogP contribution in [0.5, 0.6) is 11.5 Å². The third kappa shape index (κ3) is 3.66. The molecule has 0 fully saturated rings. The van der Waals surface area contributed by atoms with Gasteiger partial charge in [-0.2, -0.15) is 0 Å². The van der Waals surface area contributed by atoms with Gasteiger partial charge in [0.05, 0.1) is 24.0 Å². The van der Waals surface area contributed by atoms with Crippen LogP contribution >= 0.6 is 23.2 Å². The summed E-state index contributed by atoms with van der Waals surface area (Å²) in [6, 6.07) is 12.0. The molecule has 138 valence electrons. The van der Waals surface area contributed by atoms with E-state index in [-0.39, 0.29) is 25.8 Å². The van der Waals surface area contributed by atoms with E-state index in [2.05, 4.69) is 24.3 Å². The number of halogens is 2. The molecule has 2 aromatic carbocycles. The number of allylic oxidation sites excluding steroid dienone is 2. The Bertz CT molecular complexity index is 849. The molecule has 0 saturated carbocycles. The molecule has 2 aromatic rings. The van der Waals surface area contributed by atoms with Crippen LogP contribution in [0.25, 0.3) is 12.2 Å². The average molecular weight is 566 g/mol. The summed E-state index contributed by atoms with van der Waals surface area (Å²) in [4.78, 5) is -1.07. The molecule has 2 aliphatic rings. The smallest absolute Gasteiger partial charge is 0.119 e. The molecule has 2 nitrogen and oxygen atoms in total. The Balaban J connectivity index is 0.00000210. The molecule has 0 radical (unpaired) electrons. The molecule has 0 amide bonds. The Kier molecular flexibility index (Phi) is 5.96. The van der Waals surface area contributed by atoms with E-state index in [4.69, 9.17) is 32.7 Å². The quantitative estimate of drug-likeness (QED) is 0.322. The van der Waals surface area contributed by atoms with Crippen molar-refractivity contribution < 1.29 is 35.3 Å². The number of ether oxygens (including phenoxy) is 2. The molecule has 2 atom stereocenters. The minimum absolute atomic E-state index is 0. The first kappa shape index (κ1) is 20.7. The zero-order valence-corrected chi connectivity index (χ0v) is 20.4. The monoisotopic (exact) mass is 566 g/mol. The molecule has 2 aliphatic carbocycles. The summed E-state index contributed by atoms with van der Waals surface area (Å²) in [5, 5.41) is 0. The number of rotatable bonds is 5. The van der Waals surface area contributed by atoms with Gasteiger partial charge in [0, 0.05) is 25.8 Å². The second-order valence-corrected chi connectivity index (χ2v) is 8.15. The van der Waals surface area contributed by atoms with Gasteiger partial charge in [-0.25, -0.2) is 0 Å². The molecular weight excluding hydrogens is 546 g/mol. The van der Waals surface area contributed by atoms with Gasteiger partial charge >= 0.3 is 0 Å². The average Bonchev–Trinajstić information content (AvgIpc) is 3.18. The summed E-state index contributed by atoms with van der Waals surface area (Å²) in [7, 11) is 3.34. The molecule has 0 saturated heterocycles. The molecule has 4 rings (SSSR count). The van der Waals surface area contributed by atoms with Crippen molar-refractivity contribution in [2.75, 3.05) is 14.2 Å². The Morgan fingerprint density at radius 3 is 1.52 bits per heavy atom. The van der Waals surface area contributed by atoms with Gasteiger partial charge in [-0.05, 0) is 59.4 Å². The van der Waals surface area contributed by atoms with E-state index in [1.165, 1.54) is 0 Å². The van der Waals surface area contributed by atoms with Crippen molar-refractivity contribution in [3.05, 3.63) is 70.8 Å². The number of benzene rings is 2. The molecule has 27 heavy (non-hydrogen) atoms. The maximum absolute atomic E-state index is 6.98. The topological polar surface area (TPSA) is 18.5 Å². The number of fused-ring (bicyclic) bond motifs is 2. The van der Waals surface area contributed by atoms with Gasteiger partial charge in [-0.15, -0.1) is 23.2 Å². The zero-order chi connectivity index (χ0) is 18.4. The van der Waals surface area contributed by atoms with Gasteiger partial charge in [-0.1, -0.05) is 36.4 Å². The maximum Gasteiger partial charge on any atom is 0.119 e. The minimum atomic E-state index is -0.535. The van der Waals surface area contributed by atoms with Crippen LogP contribution in [0.15, 0.2) is 48.6 Å². The summed E-state index contributed by atoms with van der Waals surface area (Å²) in [6.45, 7) is 0. The third-order valence-corrected chi connectivity index (χ3v) is 6.36. The van der Waals surface area contributed by atoms with Crippen molar-refractivity contribution >= 4 is 35.4 Å². The fourth-order valence-electron chi connectivity index (χ4n) is 3.79. The van der Waals surface area contributed by atoms with E-state index in [0.29, 0.717) is 0 Å². The van der Waals surface area contributed by atoms with E-state index in [0.717, 1.165) is 46.6 Å².